The van der Waals surface area contributed by atoms with Crippen molar-refractivity contribution in [3.8, 4) is 5.69 Å². The number of fused-ring (bicyclic) bond motifs is 1. The summed E-state index contributed by atoms with van der Waals surface area (Å²) in [5.41, 5.74) is 3.24. The highest BCUT2D eigenvalue weighted by atomic mass is 32.1. The van der Waals surface area contributed by atoms with Crippen molar-refractivity contribution in [3.63, 3.8) is 0 Å². The topological polar surface area (TPSA) is 62.7 Å². The molecule has 0 aliphatic carbocycles. The van der Waals surface area contributed by atoms with Gasteiger partial charge in [-0.1, -0.05) is 24.3 Å². The summed E-state index contributed by atoms with van der Waals surface area (Å²) in [5.74, 6) is 0. The number of thiophene rings is 1. The van der Waals surface area contributed by atoms with Crippen molar-refractivity contribution >= 4 is 22.4 Å². The molecule has 0 radical (unpaired) electrons. The van der Waals surface area contributed by atoms with Crippen molar-refractivity contribution in [2.45, 2.75) is 19.9 Å². The second kappa shape index (κ2) is 7.27. The Bertz CT molecular complexity index is 1060. The molecule has 26 heavy (non-hydrogen) atoms. The summed E-state index contributed by atoms with van der Waals surface area (Å²) in [6, 6.07) is 16.0. The molecule has 5 nitrogen and oxygen atoms in total. The maximum absolute atomic E-state index is 12.5. The van der Waals surface area contributed by atoms with Crippen molar-refractivity contribution in [1.29, 1.82) is 0 Å². The number of hydrogen-bond acceptors (Lipinski definition) is 4. The van der Waals surface area contributed by atoms with E-state index in [1.54, 1.807) is 16.0 Å². The molecule has 0 bridgehead atoms. The summed E-state index contributed by atoms with van der Waals surface area (Å²) < 4.78 is 1.79. The SMILES string of the molecule is Cc1nn(-c2ccccc2)c2[nH]c(=O)c(CNCCc3cccs3)cc12. The zero-order valence-electron chi connectivity index (χ0n) is 14.5. The molecule has 3 heterocycles. The van der Waals surface area contributed by atoms with Crippen molar-refractivity contribution in [2.24, 2.45) is 0 Å². The smallest absolute Gasteiger partial charge is 0.254 e. The number of nitrogens with zero attached hydrogens (tertiary/aromatic N) is 2. The molecule has 2 N–H and O–H groups in total. The van der Waals surface area contributed by atoms with Crippen LogP contribution in [-0.4, -0.2) is 21.3 Å². The number of hydrogen-bond donors (Lipinski definition) is 2. The molecule has 6 heteroatoms. The fourth-order valence-electron chi connectivity index (χ4n) is 3.04. The van der Waals surface area contributed by atoms with Gasteiger partial charge in [-0.2, -0.15) is 5.10 Å². The number of para-hydroxylation sites is 1. The number of H-pyrrole nitrogens is 1. The molecular weight excluding hydrogens is 344 g/mol. The first-order valence-electron chi connectivity index (χ1n) is 8.62. The van der Waals surface area contributed by atoms with Crippen LogP contribution in [0.2, 0.25) is 0 Å². The number of benzene rings is 1. The van der Waals surface area contributed by atoms with Gasteiger partial charge in [0.25, 0.3) is 5.56 Å². The molecule has 0 fully saturated rings. The zero-order valence-corrected chi connectivity index (χ0v) is 15.3. The number of nitrogens with one attached hydrogen (secondary N) is 2. The molecule has 0 atom stereocenters. The average molecular weight is 364 g/mol. The van der Waals surface area contributed by atoms with E-state index in [0.717, 1.165) is 40.9 Å². The third-order valence-corrected chi connectivity index (χ3v) is 5.33. The highest BCUT2D eigenvalue weighted by Gasteiger charge is 2.12. The highest BCUT2D eigenvalue weighted by molar-refractivity contribution is 7.09. The summed E-state index contributed by atoms with van der Waals surface area (Å²) >= 11 is 1.76. The van der Waals surface area contributed by atoms with E-state index in [1.165, 1.54) is 4.88 Å². The molecule has 0 unspecified atom stereocenters. The van der Waals surface area contributed by atoms with E-state index in [2.05, 4.69) is 32.9 Å². The van der Waals surface area contributed by atoms with Gasteiger partial charge in [0, 0.05) is 28.9 Å². The third-order valence-electron chi connectivity index (χ3n) is 4.39. The van der Waals surface area contributed by atoms with Crippen molar-refractivity contribution in [2.75, 3.05) is 6.54 Å². The Morgan fingerprint density at radius 2 is 2.04 bits per heavy atom. The van der Waals surface area contributed by atoms with Gasteiger partial charge in [0.1, 0.15) is 5.65 Å². The molecule has 0 saturated heterocycles. The van der Waals surface area contributed by atoms with E-state index in [-0.39, 0.29) is 5.56 Å². The van der Waals surface area contributed by atoms with E-state index in [1.807, 2.05) is 43.3 Å². The van der Waals surface area contributed by atoms with Crippen LogP contribution in [0.5, 0.6) is 0 Å². The van der Waals surface area contributed by atoms with E-state index in [9.17, 15) is 4.79 Å². The first-order valence-corrected chi connectivity index (χ1v) is 9.50. The van der Waals surface area contributed by atoms with Crippen LogP contribution in [0.25, 0.3) is 16.7 Å². The standard InChI is InChI=1S/C20H20N4OS/c1-14-18-12-15(13-21-10-9-17-8-5-11-26-17)20(25)22-19(18)24(23-14)16-6-3-2-4-7-16/h2-8,11-12,21H,9-10,13H2,1H3,(H,22,25). The number of aromatic nitrogens is 3. The number of rotatable bonds is 6. The molecule has 132 valence electrons. The molecule has 1 aromatic carbocycles. The second-order valence-electron chi connectivity index (χ2n) is 6.22. The maximum atomic E-state index is 12.5. The molecular formula is C20H20N4OS. The summed E-state index contributed by atoms with van der Waals surface area (Å²) in [4.78, 5) is 16.9. The quantitative estimate of drug-likeness (QED) is 0.515. The monoisotopic (exact) mass is 364 g/mol. The van der Waals surface area contributed by atoms with Gasteiger partial charge in [-0.3, -0.25) is 4.79 Å². The van der Waals surface area contributed by atoms with Gasteiger partial charge >= 0.3 is 0 Å². The van der Waals surface area contributed by atoms with Gasteiger partial charge in [0.05, 0.1) is 11.4 Å². The van der Waals surface area contributed by atoms with Gasteiger partial charge in [-0.15, -0.1) is 11.3 Å². The molecule has 0 amide bonds. The minimum atomic E-state index is -0.0711. The Kier molecular flexibility index (Phi) is 4.69. The minimum absolute atomic E-state index is 0.0711. The van der Waals surface area contributed by atoms with Crippen molar-refractivity contribution in [1.82, 2.24) is 20.1 Å². The van der Waals surface area contributed by atoms with Gasteiger partial charge in [-0.25, -0.2) is 4.68 Å². The molecule has 0 aliphatic rings. The Balaban J connectivity index is 1.57. The van der Waals surface area contributed by atoms with Gasteiger partial charge < -0.3 is 10.3 Å². The minimum Gasteiger partial charge on any atom is -0.312 e. The highest BCUT2D eigenvalue weighted by Crippen LogP contribution is 2.19. The number of pyridine rings is 1. The predicted molar refractivity (Wildman–Crippen MR) is 106 cm³/mol. The molecule has 0 spiro atoms. The maximum Gasteiger partial charge on any atom is 0.254 e. The van der Waals surface area contributed by atoms with Crippen LogP contribution in [0, 0.1) is 6.92 Å². The van der Waals surface area contributed by atoms with Crippen LogP contribution in [0.4, 0.5) is 0 Å². The number of aromatic amines is 1. The molecule has 3 aromatic heterocycles. The van der Waals surface area contributed by atoms with Crippen LogP contribution >= 0.6 is 11.3 Å². The lowest BCUT2D eigenvalue weighted by Crippen LogP contribution is -2.23. The van der Waals surface area contributed by atoms with E-state index < -0.39 is 0 Å². The summed E-state index contributed by atoms with van der Waals surface area (Å²) in [5, 5.41) is 11.0. The zero-order chi connectivity index (χ0) is 17.9. The second-order valence-corrected chi connectivity index (χ2v) is 7.26. The normalized spacial score (nSPS) is 11.3. The van der Waals surface area contributed by atoms with E-state index >= 15 is 0 Å². The van der Waals surface area contributed by atoms with Gasteiger partial charge in [0.15, 0.2) is 0 Å². The van der Waals surface area contributed by atoms with Gasteiger partial charge in [0.2, 0.25) is 0 Å². The first kappa shape index (κ1) is 16.8. The Morgan fingerprint density at radius 1 is 1.19 bits per heavy atom. The van der Waals surface area contributed by atoms with E-state index in [0.29, 0.717) is 6.54 Å². The van der Waals surface area contributed by atoms with Crippen molar-refractivity contribution in [3.05, 3.63) is 80.4 Å². The lowest BCUT2D eigenvalue weighted by Gasteiger charge is -2.05. The van der Waals surface area contributed by atoms with Crippen LogP contribution in [-0.2, 0) is 13.0 Å². The Labute approximate surface area is 155 Å². The first-order chi connectivity index (χ1) is 12.7. The molecule has 0 aliphatic heterocycles. The van der Waals surface area contributed by atoms with Crippen molar-refractivity contribution < 1.29 is 0 Å². The summed E-state index contributed by atoms with van der Waals surface area (Å²) in [7, 11) is 0. The fraction of sp³-hybridized carbons (Fsp3) is 0.200. The summed E-state index contributed by atoms with van der Waals surface area (Å²) in [6.07, 6.45) is 0.975. The Morgan fingerprint density at radius 3 is 2.81 bits per heavy atom. The third kappa shape index (κ3) is 3.34. The summed E-state index contributed by atoms with van der Waals surface area (Å²) in [6.45, 7) is 3.36. The van der Waals surface area contributed by atoms with Crippen LogP contribution in [0.15, 0.2) is 58.7 Å². The van der Waals surface area contributed by atoms with Crippen LogP contribution < -0.4 is 10.9 Å². The number of aryl methyl sites for hydroxylation is 1. The van der Waals surface area contributed by atoms with Crippen LogP contribution in [0.3, 0.4) is 0 Å². The lowest BCUT2D eigenvalue weighted by molar-refractivity contribution is 0.686. The average Bonchev–Trinajstić information content (AvgIpc) is 3.28. The predicted octanol–water partition coefficient (Wildman–Crippen LogP) is 3.42. The lowest BCUT2D eigenvalue weighted by atomic mass is 10.2. The largest absolute Gasteiger partial charge is 0.312 e. The molecule has 0 saturated carbocycles. The Hall–Kier alpha value is -2.70. The molecule has 4 rings (SSSR count). The van der Waals surface area contributed by atoms with Crippen LogP contribution in [0.1, 0.15) is 16.1 Å². The fourth-order valence-corrected chi connectivity index (χ4v) is 3.75. The van der Waals surface area contributed by atoms with E-state index in [4.69, 9.17) is 0 Å². The molecule has 4 aromatic rings. The van der Waals surface area contributed by atoms with Gasteiger partial charge in [-0.05, 0) is 43.0 Å².